The number of carbonyl (C=O) groups excluding carboxylic acids is 2. The Labute approximate surface area is 184 Å². The zero-order valence-electron chi connectivity index (χ0n) is 18.2. The molecular formula is C24H31ClN2O3. The molecule has 30 heavy (non-hydrogen) atoms. The summed E-state index contributed by atoms with van der Waals surface area (Å²) in [4.78, 5) is 27.2. The van der Waals surface area contributed by atoms with E-state index in [1.165, 1.54) is 10.5 Å². The standard InChI is InChI=1S/C24H31ClN2O3/c1-5-17(3)26-24(29)18(4)27(15-20-8-7-9-21(25)14-20)23(28)16-30-22-12-10-19(6-2)11-13-22/h7-14,17-18H,5-6,15-16H2,1-4H3,(H,26,29)/t17-,18+/m1/s1. The van der Waals surface area contributed by atoms with Gasteiger partial charge in [-0.2, -0.15) is 0 Å². The second-order valence-electron chi connectivity index (χ2n) is 7.43. The van der Waals surface area contributed by atoms with Gasteiger partial charge < -0.3 is 15.0 Å². The Balaban J connectivity index is 2.13. The molecule has 162 valence electrons. The molecule has 2 aromatic rings. The normalized spacial score (nSPS) is 12.7. The maximum Gasteiger partial charge on any atom is 0.261 e. The molecule has 1 N–H and O–H groups in total. The predicted octanol–water partition coefficient (Wildman–Crippen LogP) is 4.61. The summed E-state index contributed by atoms with van der Waals surface area (Å²) in [6, 6.07) is 14.3. The molecule has 2 atom stereocenters. The Morgan fingerprint density at radius 3 is 2.37 bits per heavy atom. The predicted molar refractivity (Wildman–Crippen MR) is 121 cm³/mol. The van der Waals surface area contributed by atoms with Crippen LogP contribution in [0.25, 0.3) is 0 Å². The summed E-state index contributed by atoms with van der Waals surface area (Å²) >= 11 is 6.10. The first-order valence-corrected chi connectivity index (χ1v) is 10.8. The molecule has 0 aliphatic carbocycles. The molecule has 2 aromatic carbocycles. The summed E-state index contributed by atoms with van der Waals surface area (Å²) in [5.74, 6) is 0.174. The van der Waals surface area contributed by atoms with Gasteiger partial charge in [0.2, 0.25) is 5.91 Å². The quantitative estimate of drug-likeness (QED) is 0.598. The van der Waals surface area contributed by atoms with Crippen LogP contribution in [0.5, 0.6) is 5.75 Å². The van der Waals surface area contributed by atoms with Gasteiger partial charge in [0.05, 0.1) is 0 Å². The first-order chi connectivity index (χ1) is 14.3. The van der Waals surface area contributed by atoms with E-state index in [1.807, 2.05) is 50.2 Å². The molecule has 0 spiro atoms. The third-order valence-corrected chi connectivity index (χ3v) is 5.34. The molecule has 0 saturated carbocycles. The number of ether oxygens (including phenoxy) is 1. The fraction of sp³-hybridized carbons (Fsp3) is 0.417. The van der Waals surface area contributed by atoms with E-state index in [2.05, 4.69) is 12.2 Å². The van der Waals surface area contributed by atoms with Gasteiger partial charge >= 0.3 is 0 Å². The Bertz CT molecular complexity index is 839. The van der Waals surface area contributed by atoms with Crippen LogP contribution in [0.1, 0.15) is 45.2 Å². The lowest BCUT2D eigenvalue weighted by Crippen LogP contribution is -2.50. The Morgan fingerprint density at radius 2 is 1.77 bits per heavy atom. The molecule has 0 saturated heterocycles. The Hall–Kier alpha value is -2.53. The topological polar surface area (TPSA) is 58.6 Å². The Morgan fingerprint density at radius 1 is 1.07 bits per heavy atom. The molecule has 0 bridgehead atoms. The van der Waals surface area contributed by atoms with E-state index >= 15 is 0 Å². The summed E-state index contributed by atoms with van der Waals surface area (Å²) in [6.45, 7) is 7.88. The number of aryl methyl sites for hydroxylation is 1. The third kappa shape index (κ3) is 7.06. The van der Waals surface area contributed by atoms with Crippen molar-refractivity contribution < 1.29 is 14.3 Å². The maximum absolute atomic E-state index is 13.0. The lowest BCUT2D eigenvalue weighted by Gasteiger charge is -2.29. The van der Waals surface area contributed by atoms with Crippen LogP contribution in [-0.2, 0) is 22.6 Å². The van der Waals surface area contributed by atoms with Crippen molar-refractivity contribution >= 4 is 23.4 Å². The van der Waals surface area contributed by atoms with E-state index in [4.69, 9.17) is 16.3 Å². The van der Waals surface area contributed by atoms with Crippen LogP contribution in [0.3, 0.4) is 0 Å². The molecule has 0 aliphatic rings. The van der Waals surface area contributed by atoms with Crippen LogP contribution in [0, 0.1) is 0 Å². The number of halogens is 1. The number of amides is 2. The highest BCUT2D eigenvalue weighted by Crippen LogP contribution is 2.16. The molecule has 0 radical (unpaired) electrons. The first-order valence-electron chi connectivity index (χ1n) is 10.4. The van der Waals surface area contributed by atoms with Crippen molar-refractivity contribution in [3.05, 3.63) is 64.7 Å². The van der Waals surface area contributed by atoms with Crippen LogP contribution < -0.4 is 10.1 Å². The molecule has 0 fully saturated rings. The number of nitrogens with one attached hydrogen (secondary N) is 1. The smallest absolute Gasteiger partial charge is 0.261 e. The highest BCUT2D eigenvalue weighted by molar-refractivity contribution is 6.30. The van der Waals surface area contributed by atoms with Gasteiger partial charge in [0.1, 0.15) is 11.8 Å². The first kappa shape index (κ1) is 23.7. The van der Waals surface area contributed by atoms with E-state index in [-0.39, 0.29) is 31.0 Å². The van der Waals surface area contributed by atoms with Crippen molar-refractivity contribution in [2.24, 2.45) is 0 Å². The minimum Gasteiger partial charge on any atom is -0.484 e. The van der Waals surface area contributed by atoms with E-state index in [9.17, 15) is 9.59 Å². The van der Waals surface area contributed by atoms with Gasteiger partial charge in [-0.25, -0.2) is 0 Å². The molecule has 0 aromatic heterocycles. The van der Waals surface area contributed by atoms with E-state index < -0.39 is 6.04 Å². The molecule has 0 aliphatic heterocycles. The summed E-state index contributed by atoms with van der Waals surface area (Å²) in [5, 5.41) is 3.54. The summed E-state index contributed by atoms with van der Waals surface area (Å²) in [7, 11) is 0. The van der Waals surface area contributed by atoms with Gasteiger partial charge in [-0.15, -0.1) is 0 Å². The summed E-state index contributed by atoms with van der Waals surface area (Å²) < 4.78 is 5.69. The fourth-order valence-electron chi connectivity index (χ4n) is 2.93. The van der Waals surface area contributed by atoms with Gasteiger partial charge in [-0.05, 0) is 62.1 Å². The van der Waals surface area contributed by atoms with E-state index in [0.717, 1.165) is 18.4 Å². The van der Waals surface area contributed by atoms with Crippen molar-refractivity contribution in [1.82, 2.24) is 10.2 Å². The van der Waals surface area contributed by atoms with Crippen LogP contribution in [0.4, 0.5) is 0 Å². The van der Waals surface area contributed by atoms with Crippen molar-refractivity contribution in [3.63, 3.8) is 0 Å². The lowest BCUT2D eigenvalue weighted by molar-refractivity contribution is -0.142. The zero-order valence-corrected chi connectivity index (χ0v) is 18.9. The number of hydrogen-bond acceptors (Lipinski definition) is 3. The highest BCUT2D eigenvalue weighted by atomic mass is 35.5. The second-order valence-corrected chi connectivity index (χ2v) is 7.87. The molecule has 5 nitrogen and oxygen atoms in total. The zero-order chi connectivity index (χ0) is 22.1. The van der Waals surface area contributed by atoms with Crippen molar-refractivity contribution in [1.29, 1.82) is 0 Å². The average molecular weight is 431 g/mol. The molecule has 2 rings (SSSR count). The van der Waals surface area contributed by atoms with Gasteiger partial charge in [0.15, 0.2) is 6.61 Å². The third-order valence-electron chi connectivity index (χ3n) is 5.10. The number of carbonyl (C=O) groups is 2. The summed E-state index contributed by atoms with van der Waals surface area (Å²) in [5.41, 5.74) is 2.05. The van der Waals surface area contributed by atoms with Crippen molar-refractivity contribution in [2.75, 3.05) is 6.61 Å². The minimum atomic E-state index is -0.642. The Kier molecular flexibility index (Phi) is 9.18. The van der Waals surface area contributed by atoms with E-state index in [0.29, 0.717) is 10.8 Å². The summed E-state index contributed by atoms with van der Waals surface area (Å²) in [6.07, 6.45) is 1.76. The van der Waals surface area contributed by atoms with Gasteiger partial charge in [0, 0.05) is 17.6 Å². The molecule has 0 heterocycles. The fourth-order valence-corrected chi connectivity index (χ4v) is 3.14. The highest BCUT2D eigenvalue weighted by Gasteiger charge is 2.27. The van der Waals surface area contributed by atoms with E-state index in [1.54, 1.807) is 19.1 Å². The molecule has 0 unspecified atom stereocenters. The lowest BCUT2D eigenvalue weighted by atomic mass is 10.1. The maximum atomic E-state index is 13.0. The number of benzene rings is 2. The van der Waals surface area contributed by atoms with Crippen molar-refractivity contribution in [2.45, 2.75) is 59.2 Å². The molecule has 2 amide bonds. The SMILES string of the molecule is CCc1ccc(OCC(=O)N(Cc2cccc(Cl)c2)[C@@H](C)C(=O)N[C@H](C)CC)cc1. The van der Waals surface area contributed by atoms with Crippen molar-refractivity contribution in [3.8, 4) is 5.75 Å². The molecular weight excluding hydrogens is 400 g/mol. The largest absolute Gasteiger partial charge is 0.484 e. The van der Waals surface area contributed by atoms with Gasteiger partial charge in [0.25, 0.3) is 5.91 Å². The average Bonchev–Trinajstić information content (AvgIpc) is 2.75. The van der Waals surface area contributed by atoms with Crippen LogP contribution >= 0.6 is 11.6 Å². The number of hydrogen-bond donors (Lipinski definition) is 1. The van der Waals surface area contributed by atoms with Crippen LogP contribution in [0.2, 0.25) is 5.02 Å². The molecule has 6 heteroatoms. The number of nitrogens with zero attached hydrogens (tertiary/aromatic N) is 1. The number of rotatable bonds is 10. The monoisotopic (exact) mass is 430 g/mol. The second kappa shape index (κ2) is 11.6. The van der Waals surface area contributed by atoms with Crippen LogP contribution in [-0.4, -0.2) is 35.4 Å². The minimum absolute atomic E-state index is 0.0383. The van der Waals surface area contributed by atoms with Crippen LogP contribution in [0.15, 0.2) is 48.5 Å². The van der Waals surface area contributed by atoms with Gasteiger partial charge in [-0.3, -0.25) is 9.59 Å². The van der Waals surface area contributed by atoms with Gasteiger partial charge in [-0.1, -0.05) is 49.7 Å².